The topological polar surface area (TPSA) is 38.8 Å². The van der Waals surface area contributed by atoms with Crippen LogP contribution in [-0.4, -0.2) is 34.7 Å². The Kier molecular flexibility index (Phi) is 5.18. The minimum Gasteiger partial charge on any atom is -0.484 e. The van der Waals surface area contributed by atoms with E-state index in [9.17, 15) is 26.7 Å². The summed E-state index contributed by atoms with van der Waals surface area (Å²) in [6.07, 6.45) is 0.206. The minimum absolute atomic E-state index is 0.182. The summed E-state index contributed by atoms with van der Waals surface area (Å²) >= 11 is 5.64. The molecule has 4 atom stereocenters. The molecule has 2 aliphatic rings. The van der Waals surface area contributed by atoms with Gasteiger partial charge in [0.2, 0.25) is 29.1 Å². The Morgan fingerprint density at radius 2 is 1.46 bits per heavy atom. The molecule has 2 heterocycles. The van der Waals surface area contributed by atoms with Gasteiger partial charge in [0.1, 0.15) is 6.10 Å². The highest BCUT2D eigenvalue weighted by atomic mass is 35.5. The molecule has 2 unspecified atom stereocenters. The Hall–Kier alpha value is -1.77. The predicted molar refractivity (Wildman–Crippen MR) is 80.3 cm³/mol. The van der Waals surface area contributed by atoms with E-state index in [0.717, 1.165) is 0 Å². The molecule has 0 N–H and O–H groups in total. The Morgan fingerprint density at radius 3 is 1.92 bits per heavy atom. The minimum atomic E-state index is -2.24. The lowest BCUT2D eigenvalue weighted by Gasteiger charge is -2.38. The summed E-state index contributed by atoms with van der Waals surface area (Å²) in [5.41, 5.74) is -0.816. The smallest absolute Gasteiger partial charge is 0.411 e. The van der Waals surface area contributed by atoms with Crippen molar-refractivity contribution < 1.29 is 36.2 Å². The number of nitrogens with zero attached hydrogens (tertiary/aromatic N) is 1. The molecular formula is C16H15ClF5NO3. The second-order valence-electron chi connectivity index (χ2n) is 6.33. The molecule has 1 aromatic rings. The number of hydrogen-bond acceptors (Lipinski definition) is 3. The first-order valence-electron chi connectivity index (χ1n) is 8.01. The van der Waals surface area contributed by atoms with Crippen molar-refractivity contribution in [1.29, 1.82) is 0 Å². The standard InChI is InChI=1S/C16H15ClF5NO3/c1-6(17)25-16(24)23-7-2-3-8(23)5-9(4-7)26-15-13(21)11(19)10(18)12(20)14(15)22/h6-9H,2-5H2,1H3/t6?,7-,8+,9?. The van der Waals surface area contributed by atoms with Gasteiger partial charge in [-0.2, -0.15) is 8.78 Å². The van der Waals surface area contributed by atoms with Crippen LogP contribution in [0.15, 0.2) is 0 Å². The molecule has 3 rings (SSSR count). The van der Waals surface area contributed by atoms with Gasteiger partial charge in [-0.15, -0.1) is 0 Å². The van der Waals surface area contributed by atoms with Gasteiger partial charge in [0, 0.05) is 24.9 Å². The average Bonchev–Trinajstić information content (AvgIpc) is 2.86. The number of alkyl halides is 1. The summed E-state index contributed by atoms with van der Waals surface area (Å²) in [4.78, 5) is 13.6. The van der Waals surface area contributed by atoms with E-state index >= 15 is 0 Å². The summed E-state index contributed by atoms with van der Waals surface area (Å²) in [6.45, 7) is 1.49. The van der Waals surface area contributed by atoms with Crippen LogP contribution in [-0.2, 0) is 4.74 Å². The Labute approximate surface area is 150 Å². The Balaban J connectivity index is 1.76. The number of halogens is 6. The maximum atomic E-state index is 13.8. The van der Waals surface area contributed by atoms with Gasteiger partial charge >= 0.3 is 6.09 Å². The van der Waals surface area contributed by atoms with E-state index in [-0.39, 0.29) is 24.9 Å². The molecule has 0 aromatic heterocycles. The maximum absolute atomic E-state index is 13.8. The summed E-state index contributed by atoms with van der Waals surface area (Å²) in [6, 6.07) is -0.633. The monoisotopic (exact) mass is 399 g/mol. The maximum Gasteiger partial charge on any atom is 0.411 e. The first-order valence-corrected chi connectivity index (χ1v) is 8.45. The number of carbonyl (C=O) groups excluding carboxylic acids is 1. The molecule has 2 fully saturated rings. The molecule has 26 heavy (non-hydrogen) atoms. The molecular weight excluding hydrogens is 385 g/mol. The van der Waals surface area contributed by atoms with Crippen LogP contribution < -0.4 is 4.74 Å². The van der Waals surface area contributed by atoms with Gasteiger partial charge in [0.05, 0.1) is 0 Å². The van der Waals surface area contributed by atoms with Gasteiger partial charge < -0.3 is 14.4 Å². The van der Waals surface area contributed by atoms with E-state index in [1.807, 2.05) is 0 Å². The summed E-state index contributed by atoms with van der Waals surface area (Å²) in [7, 11) is 0. The van der Waals surface area contributed by atoms with Crippen LogP contribution in [0.5, 0.6) is 5.75 Å². The van der Waals surface area contributed by atoms with E-state index < -0.39 is 52.6 Å². The molecule has 1 aromatic carbocycles. The lowest BCUT2D eigenvalue weighted by atomic mass is 10.00. The predicted octanol–water partition coefficient (Wildman–Crippen LogP) is 4.48. The number of carbonyl (C=O) groups is 1. The Bertz CT molecular complexity index is 689. The zero-order valence-electron chi connectivity index (χ0n) is 13.6. The van der Waals surface area contributed by atoms with Crippen molar-refractivity contribution in [1.82, 2.24) is 4.90 Å². The molecule has 2 aliphatic heterocycles. The average molecular weight is 400 g/mol. The Morgan fingerprint density at radius 1 is 1.00 bits per heavy atom. The van der Waals surface area contributed by atoms with Gasteiger partial charge in [-0.3, -0.25) is 0 Å². The first-order chi connectivity index (χ1) is 12.2. The molecule has 10 heteroatoms. The molecule has 0 radical (unpaired) electrons. The summed E-state index contributed by atoms with van der Waals surface area (Å²) < 4.78 is 77.3. The zero-order valence-corrected chi connectivity index (χ0v) is 14.3. The van der Waals surface area contributed by atoms with E-state index in [0.29, 0.717) is 12.8 Å². The molecule has 0 saturated carbocycles. The van der Waals surface area contributed by atoms with E-state index in [1.165, 1.54) is 11.8 Å². The van der Waals surface area contributed by atoms with Crippen molar-refractivity contribution in [2.45, 2.75) is 56.4 Å². The van der Waals surface area contributed by atoms with Crippen LogP contribution in [0.1, 0.15) is 32.6 Å². The normalized spacial score (nSPS) is 26.0. The largest absolute Gasteiger partial charge is 0.484 e. The van der Waals surface area contributed by atoms with Crippen LogP contribution in [0.2, 0.25) is 0 Å². The van der Waals surface area contributed by atoms with Crippen molar-refractivity contribution in [3.63, 3.8) is 0 Å². The molecule has 2 saturated heterocycles. The SMILES string of the molecule is CC(Cl)OC(=O)N1[C@@H]2CC[C@H]1CC(Oc1c(F)c(F)c(F)c(F)c1F)C2. The van der Waals surface area contributed by atoms with E-state index in [1.54, 1.807) is 0 Å². The van der Waals surface area contributed by atoms with Crippen LogP contribution in [0, 0.1) is 29.1 Å². The van der Waals surface area contributed by atoms with Crippen molar-refractivity contribution in [3.8, 4) is 5.75 Å². The number of hydrogen-bond donors (Lipinski definition) is 0. The second-order valence-corrected chi connectivity index (χ2v) is 6.94. The lowest BCUT2D eigenvalue weighted by molar-refractivity contribution is 0.0274. The first kappa shape index (κ1) is 19.0. The quantitative estimate of drug-likeness (QED) is 0.325. The van der Waals surface area contributed by atoms with Crippen LogP contribution in [0.25, 0.3) is 0 Å². The highest BCUT2D eigenvalue weighted by Gasteiger charge is 2.45. The summed E-state index contributed by atoms with van der Waals surface area (Å²) in [5, 5.41) is 0. The number of amides is 1. The molecule has 4 nitrogen and oxygen atoms in total. The fourth-order valence-electron chi connectivity index (χ4n) is 3.58. The zero-order chi connectivity index (χ0) is 19.2. The van der Waals surface area contributed by atoms with Gasteiger partial charge in [-0.25, -0.2) is 18.0 Å². The third-order valence-electron chi connectivity index (χ3n) is 4.62. The molecule has 2 bridgehead atoms. The van der Waals surface area contributed by atoms with Crippen LogP contribution in [0.3, 0.4) is 0 Å². The van der Waals surface area contributed by atoms with Crippen LogP contribution in [0.4, 0.5) is 26.7 Å². The van der Waals surface area contributed by atoms with E-state index in [2.05, 4.69) is 0 Å². The number of rotatable bonds is 3. The second kappa shape index (κ2) is 7.09. The molecule has 1 amide bonds. The molecule has 0 spiro atoms. The van der Waals surface area contributed by atoms with E-state index in [4.69, 9.17) is 21.1 Å². The van der Waals surface area contributed by atoms with Gasteiger partial charge in [-0.05, 0) is 19.8 Å². The molecule has 0 aliphatic carbocycles. The highest BCUT2D eigenvalue weighted by molar-refractivity contribution is 6.19. The van der Waals surface area contributed by atoms with Gasteiger partial charge in [0.15, 0.2) is 11.3 Å². The van der Waals surface area contributed by atoms with Crippen molar-refractivity contribution in [2.75, 3.05) is 0 Å². The van der Waals surface area contributed by atoms with Crippen molar-refractivity contribution >= 4 is 17.7 Å². The molecule has 144 valence electrons. The van der Waals surface area contributed by atoms with Gasteiger partial charge in [-0.1, -0.05) is 11.6 Å². The summed E-state index contributed by atoms with van der Waals surface area (Å²) in [5.74, 6) is -11.7. The third kappa shape index (κ3) is 3.28. The highest BCUT2D eigenvalue weighted by Crippen LogP contribution is 2.39. The number of benzene rings is 1. The fraction of sp³-hybridized carbons (Fsp3) is 0.562. The third-order valence-corrected chi connectivity index (χ3v) is 4.71. The number of fused-ring (bicyclic) bond motifs is 2. The van der Waals surface area contributed by atoms with Gasteiger partial charge in [0.25, 0.3) is 0 Å². The van der Waals surface area contributed by atoms with Crippen molar-refractivity contribution in [3.05, 3.63) is 29.1 Å². The number of piperidine rings is 1. The van der Waals surface area contributed by atoms with Crippen LogP contribution >= 0.6 is 11.6 Å². The number of ether oxygens (including phenoxy) is 2. The lowest BCUT2D eigenvalue weighted by Crippen LogP contribution is -2.49. The van der Waals surface area contributed by atoms with Crippen molar-refractivity contribution in [2.24, 2.45) is 0 Å². The fourth-order valence-corrected chi connectivity index (χ4v) is 3.65.